The first-order valence-electron chi connectivity index (χ1n) is 10.1. The average molecular weight is 466 g/mol. The number of aryl methyl sites for hydroxylation is 1. The summed E-state index contributed by atoms with van der Waals surface area (Å²) in [6.07, 6.45) is 0. The smallest absolute Gasteiger partial charge is 0.245 e. The Balaban J connectivity index is 1.64. The molecule has 4 aromatic rings. The van der Waals surface area contributed by atoms with E-state index in [2.05, 4.69) is 9.71 Å². The Morgan fingerprint density at radius 3 is 2.38 bits per heavy atom. The van der Waals surface area contributed by atoms with Crippen LogP contribution in [0.25, 0.3) is 10.2 Å². The molecule has 4 rings (SSSR count). The quantitative estimate of drug-likeness (QED) is 0.442. The lowest BCUT2D eigenvalue weighted by Crippen LogP contribution is -2.41. The SMILES string of the molecule is Cc1nc2ccc(S(=O)(=O)N[C@H](C(=O)N(C)Cc3ccccc3)c3ccccc3)cc2s1. The number of hydrogen-bond donors (Lipinski definition) is 1. The highest BCUT2D eigenvalue weighted by molar-refractivity contribution is 7.89. The molecule has 0 aliphatic carbocycles. The van der Waals surface area contributed by atoms with Crippen LogP contribution in [0, 0.1) is 6.92 Å². The summed E-state index contributed by atoms with van der Waals surface area (Å²) in [6.45, 7) is 2.25. The number of rotatable bonds is 7. The van der Waals surface area contributed by atoms with Gasteiger partial charge in [0.15, 0.2) is 0 Å². The maximum absolute atomic E-state index is 13.4. The van der Waals surface area contributed by atoms with E-state index in [0.717, 1.165) is 20.8 Å². The predicted octanol–water partition coefficient (Wildman–Crippen LogP) is 4.28. The van der Waals surface area contributed by atoms with Gasteiger partial charge in [-0.15, -0.1) is 11.3 Å². The number of carbonyl (C=O) groups excluding carboxylic acids is 1. The Bertz CT molecular complexity index is 1340. The summed E-state index contributed by atoms with van der Waals surface area (Å²) >= 11 is 1.43. The third kappa shape index (κ3) is 4.88. The zero-order valence-electron chi connectivity index (χ0n) is 17.7. The Morgan fingerprint density at radius 1 is 1.03 bits per heavy atom. The number of likely N-dealkylation sites (N-methyl/N-ethyl adjacent to an activating group) is 1. The molecule has 0 bridgehead atoms. The van der Waals surface area contributed by atoms with Gasteiger partial charge in [-0.25, -0.2) is 13.4 Å². The number of nitrogens with one attached hydrogen (secondary N) is 1. The van der Waals surface area contributed by atoms with Crippen LogP contribution in [-0.4, -0.2) is 31.3 Å². The summed E-state index contributed by atoms with van der Waals surface area (Å²) in [7, 11) is -2.29. The van der Waals surface area contributed by atoms with E-state index < -0.39 is 16.1 Å². The van der Waals surface area contributed by atoms with Crippen LogP contribution in [0.1, 0.15) is 22.2 Å². The fraction of sp³-hybridized carbons (Fsp3) is 0.167. The number of nitrogens with zero attached hydrogens (tertiary/aromatic N) is 2. The van der Waals surface area contributed by atoms with Crippen molar-refractivity contribution in [2.45, 2.75) is 24.4 Å². The summed E-state index contributed by atoms with van der Waals surface area (Å²) < 4.78 is 29.9. The van der Waals surface area contributed by atoms with Crippen molar-refractivity contribution in [3.63, 3.8) is 0 Å². The van der Waals surface area contributed by atoms with Gasteiger partial charge in [-0.2, -0.15) is 4.72 Å². The van der Waals surface area contributed by atoms with E-state index in [-0.39, 0.29) is 10.8 Å². The number of carbonyl (C=O) groups is 1. The van der Waals surface area contributed by atoms with Crippen molar-refractivity contribution in [2.75, 3.05) is 7.05 Å². The molecule has 3 aromatic carbocycles. The fourth-order valence-corrected chi connectivity index (χ4v) is 5.62. The fourth-order valence-electron chi connectivity index (χ4n) is 3.47. The molecule has 0 radical (unpaired) electrons. The van der Waals surface area contributed by atoms with Crippen LogP contribution >= 0.6 is 11.3 Å². The van der Waals surface area contributed by atoms with Crippen molar-refractivity contribution in [3.8, 4) is 0 Å². The minimum atomic E-state index is -3.96. The van der Waals surface area contributed by atoms with Crippen LogP contribution in [0.15, 0.2) is 83.8 Å². The zero-order valence-corrected chi connectivity index (χ0v) is 19.4. The molecule has 0 aliphatic heterocycles. The van der Waals surface area contributed by atoms with Gasteiger partial charge < -0.3 is 4.90 Å². The molecule has 164 valence electrons. The van der Waals surface area contributed by atoms with Crippen molar-refractivity contribution in [3.05, 3.63) is 95.0 Å². The van der Waals surface area contributed by atoms with Crippen LogP contribution in [0.5, 0.6) is 0 Å². The van der Waals surface area contributed by atoms with Gasteiger partial charge in [0.2, 0.25) is 15.9 Å². The molecule has 0 saturated heterocycles. The highest BCUT2D eigenvalue weighted by atomic mass is 32.2. The van der Waals surface area contributed by atoms with Crippen molar-refractivity contribution in [1.29, 1.82) is 0 Å². The van der Waals surface area contributed by atoms with Gasteiger partial charge in [0.1, 0.15) is 6.04 Å². The normalized spacial score (nSPS) is 12.6. The lowest BCUT2D eigenvalue weighted by atomic mass is 10.1. The summed E-state index contributed by atoms with van der Waals surface area (Å²) in [6, 6.07) is 22.2. The number of benzene rings is 3. The second kappa shape index (κ2) is 9.20. The van der Waals surface area contributed by atoms with Gasteiger partial charge in [0.25, 0.3) is 0 Å². The number of amides is 1. The Hall–Kier alpha value is -3.07. The van der Waals surface area contributed by atoms with E-state index >= 15 is 0 Å². The molecule has 1 N–H and O–H groups in total. The predicted molar refractivity (Wildman–Crippen MR) is 127 cm³/mol. The zero-order chi connectivity index (χ0) is 22.7. The minimum Gasteiger partial charge on any atom is -0.340 e. The topological polar surface area (TPSA) is 79.4 Å². The molecule has 8 heteroatoms. The Kier molecular flexibility index (Phi) is 6.36. The molecule has 1 atom stereocenters. The van der Waals surface area contributed by atoms with Gasteiger partial charge in [-0.1, -0.05) is 60.7 Å². The Labute approximate surface area is 191 Å². The van der Waals surface area contributed by atoms with E-state index in [0.29, 0.717) is 12.1 Å². The van der Waals surface area contributed by atoms with E-state index in [9.17, 15) is 13.2 Å². The number of hydrogen-bond acceptors (Lipinski definition) is 5. The van der Waals surface area contributed by atoms with E-state index in [1.807, 2.05) is 43.3 Å². The molecule has 1 aromatic heterocycles. The standard InChI is InChI=1S/C24H23N3O3S2/c1-17-25-21-14-13-20(15-22(21)31-17)32(29,30)26-23(19-11-7-4-8-12-19)24(28)27(2)16-18-9-5-3-6-10-18/h3-15,23,26H,16H2,1-2H3/t23-/m0/s1. The van der Waals surface area contributed by atoms with Gasteiger partial charge in [0, 0.05) is 13.6 Å². The van der Waals surface area contributed by atoms with Crippen LogP contribution in [-0.2, 0) is 21.4 Å². The van der Waals surface area contributed by atoms with Crippen LogP contribution in [0.4, 0.5) is 0 Å². The molecule has 32 heavy (non-hydrogen) atoms. The average Bonchev–Trinajstić information content (AvgIpc) is 3.17. The number of sulfonamides is 1. The largest absolute Gasteiger partial charge is 0.340 e. The summed E-state index contributed by atoms with van der Waals surface area (Å²) in [5.41, 5.74) is 2.30. The highest BCUT2D eigenvalue weighted by Crippen LogP contribution is 2.26. The van der Waals surface area contributed by atoms with Crippen molar-refractivity contribution < 1.29 is 13.2 Å². The van der Waals surface area contributed by atoms with Gasteiger partial charge in [0.05, 0.1) is 20.1 Å². The maximum Gasteiger partial charge on any atom is 0.245 e. The summed E-state index contributed by atoms with van der Waals surface area (Å²) in [5.74, 6) is -0.335. The lowest BCUT2D eigenvalue weighted by molar-refractivity contribution is -0.132. The number of aromatic nitrogens is 1. The third-order valence-corrected chi connectivity index (χ3v) is 7.42. The number of thiazole rings is 1. The molecule has 0 saturated carbocycles. The van der Waals surface area contributed by atoms with Crippen LogP contribution < -0.4 is 4.72 Å². The monoisotopic (exact) mass is 465 g/mol. The van der Waals surface area contributed by atoms with Gasteiger partial charge in [-0.3, -0.25) is 4.79 Å². The first kappa shape index (κ1) is 22.1. The van der Waals surface area contributed by atoms with Crippen molar-refractivity contribution >= 4 is 37.5 Å². The van der Waals surface area contributed by atoms with E-state index in [1.54, 1.807) is 43.4 Å². The minimum absolute atomic E-state index is 0.105. The molecular formula is C24H23N3O3S2. The summed E-state index contributed by atoms with van der Waals surface area (Å²) in [4.78, 5) is 19.4. The molecule has 6 nitrogen and oxygen atoms in total. The highest BCUT2D eigenvalue weighted by Gasteiger charge is 2.29. The van der Waals surface area contributed by atoms with Crippen molar-refractivity contribution in [1.82, 2.24) is 14.6 Å². The van der Waals surface area contributed by atoms with Gasteiger partial charge in [-0.05, 0) is 36.2 Å². The van der Waals surface area contributed by atoms with E-state index in [1.165, 1.54) is 22.3 Å². The first-order chi connectivity index (χ1) is 15.3. The molecule has 1 amide bonds. The molecule has 1 heterocycles. The van der Waals surface area contributed by atoms with Crippen LogP contribution in [0.3, 0.4) is 0 Å². The molecular weight excluding hydrogens is 442 g/mol. The molecule has 0 spiro atoms. The third-order valence-electron chi connectivity index (χ3n) is 5.07. The molecule has 0 aliphatic rings. The second-order valence-electron chi connectivity index (χ2n) is 7.51. The van der Waals surface area contributed by atoms with Gasteiger partial charge >= 0.3 is 0 Å². The molecule has 0 fully saturated rings. The van der Waals surface area contributed by atoms with Crippen molar-refractivity contribution in [2.24, 2.45) is 0 Å². The first-order valence-corrected chi connectivity index (χ1v) is 12.4. The second-order valence-corrected chi connectivity index (χ2v) is 10.5. The van der Waals surface area contributed by atoms with Crippen LogP contribution in [0.2, 0.25) is 0 Å². The molecule has 0 unspecified atom stereocenters. The summed E-state index contributed by atoms with van der Waals surface area (Å²) in [5, 5.41) is 0.863. The number of fused-ring (bicyclic) bond motifs is 1. The lowest BCUT2D eigenvalue weighted by Gasteiger charge is -2.25. The van der Waals surface area contributed by atoms with E-state index in [4.69, 9.17) is 0 Å². The Morgan fingerprint density at radius 2 is 1.69 bits per heavy atom. The maximum atomic E-state index is 13.4.